The number of ether oxygens (including phenoxy) is 3. The molecule has 0 aliphatic rings. The van der Waals surface area contributed by atoms with Gasteiger partial charge in [0.2, 0.25) is 0 Å². The zero-order valence-corrected chi connectivity index (χ0v) is 24.1. The second kappa shape index (κ2) is 14.9. The highest BCUT2D eigenvalue weighted by Gasteiger charge is 2.22. The van der Waals surface area contributed by atoms with E-state index in [1.54, 1.807) is 48.8 Å². The molecule has 0 saturated carbocycles. The van der Waals surface area contributed by atoms with Gasteiger partial charge in [0, 0.05) is 54.5 Å². The number of hydrogen-bond donors (Lipinski definition) is 1. The third-order valence-electron chi connectivity index (χ3n) is 5.88. The molecule has 0 aliphatic carbocycles. The summed E-state index contributed by atoms with van der Waals surface area (Å²) in [6.45, 7) is 10.1. The quantitative estimate of drug-likeness (QED) is 0.132. The topological polar surface area (TPSA) is 60.0 Å². The molecule has 1 N–H and O–H groups in total. The number of carbonyl (C=O) groups excluding carboxylic acids is 1. The number of benzene rings is 2. The molecule has 8 heteroatoms. The van der Waals surface area contributed by atoms with Gasteiger partial charge in [0.1, 0.15) is 24.8 Å². The third-order valence-corrected chi connectivity index (χ3v) is 6.91. The average Bonchev–Trinajstić information content (AvgIpc) is 3.35. The number of halogens is 1. The van der Waals surface area contributed by atoms with Crippen molar-refractivity contribution in [2.75, 3.05) is 46.3 Å². The van der Waals surface area contributed by atoms with Crippen LogP contribution in [0.5, 0.6) is 5.75 Å². The van der Waals surface area contributed by atoms with Crippen LogP contribution in [0.15, 0.2) is 90.9 Å². The summed E-state index contributed by atoms with van der Waals surface area (Å²) in [5.41, 5.74) is 5.72. The van der Waals surface area contributed by atoms with Crippen LogP contribution in [0.1, 0.15) is 21.6 Å². The maximum atomic E-state index is 14.4. The van der Waals surface area contributed by atoms with Crippen molar-refractivity contribution in [3.63, 3.8) is 0 Å². The SMILES string of the molecule is C=C/C=C(\C=C)COC(=O)Nc1cccc(/C(=C(\c2ccc(F)cc2OCCOC)c2sccc2C)N(C)C)c1. The number of carbonyl (C=O) groups is 1. The zero-order chi connectivity index (χ0) is 29.1. The van der Waals surface area contributed by atoms with E-state index < -0.39 is 11.9 Å². The summed E-state index contributed by atoms with van der Waals surface area (Å²) in [4.78, 5) is 15.6. The highest BCUT2D eigenvalue weighted by molar-refractivity contribution is 7.11. The second-order valence-corrected chi connectivity index (χ2v) is 9.91. The maximum absolute atomic E-state index is 14.4. The summed E-state index contributed by atoms with van der Waals surface area (Å²) in [7, 11) is 5.49. The van der Waals surface area contributed by atoms with Gasteiger partial charge in [-0.3, -0.25) is 5.32 Å². The highest BCUT2D eigenvalue weighted by atomic mass is 32.1. The number of allylic oxidation sites excluding steroid dienone is 2. The minimum atomic E-state index is -0.592. The van der Waals surface area contributed by atoms with Crippen LogP contribution in [-0.4, -0.2) is 52.0 Å². The van der Waals surface area contributed by atoms with E-state index in [9.17, 15) is 9.18 Å². The normalized spacial score (nSPS) is 11.9. The number of amides is 1. The Morgan fingerprint density at radius 2 is 1.93 bits per heavy atom. The summed E-state index contributed by atoms with van der Waals surface area (Å²) < 4.78 is 30.8. The molecule has 1 aromatic heterocycles. The lowest BCUT2D eigenvalue weighted by Crippen LogP contribution is -2.16. The zero-order valence-electron chi connectivity index (χ0n) is 23.3. The predicted octanol–water partition coefficient (Wildman–Crippen LogP) is 7.55. The molecule has 1 amide bonds. The van der Waals surface area contributed by atoms with Gasteiger partial charge < -0.3 is 19.1 Å². The van der Waals surface area contributed by atoms with Gasteiger partial charge in [0.15, 0.2) is 0 Å². The predicted molar refractivity (Wildman–Crippen MR) is 162 cm³/mol. The van der Waals surface area contributed by atoms with Crippen LogP contribution in [0.3, 0.4) is 0 Å². The first-order valence-electron chi connectivity index (χ1n) is 12.6. The lowest BCUT2D eigenvalue weighted by molar-refractivity contribution is 0.146. The first kappa shape index (κ1) is 30.4. The molecule has 1 heterocycles. The Kier molecular flexibility index (Phi) is 11.3. The van der Waals surface area contributed by atoms with Crippen molar-refractivity contribution in [3.8, 4) is 5.75 Å². The average molecular weight is 563 g/mol. The van der Waals surface area contributed by atoms with E-state index in [0.29, 0.717) is 18.0 Å². The Balaban J connectivity index is 2.10. The summed E-state index contributed by atoms with van der Waals surface area (Å²) >= 11 is 1.60. The fourth-order valence-corrected chi connectivity index (χ4v) is 5.03. The van der Waals surface area contributed by atoms with E-state index in [2.05, 4.69) is 24.5 Å². The first-order chi connectivity index (χ1) is 19.3. The smallest absolute Gasteiger partial charge is 0.411 e. The third kappa shape index (κ3) is 7.94. The number of thiophene rings is 1. The Morgan fingerprint density at radius 3 is 2.58 bits per heavy atom. The fraction of sp³-hybridized carbons (Fsp3) is 0.219. The lowest BCUT2D eigenvalue weighted by Gasteiger charge is -2.25. The summed E-state index contributed by atoms with van der Waals surface area (Å²) in [6.07, 6.45) is 4.36. The number of hydrogen-bond acceptors (Lipinski definition) is 6. The van der Waals surface area contributed by atoms with Gasteiger partial charge in [-0.2, -0.15) is 0 Å². The molecule has 0 atom stereocenters. The monoisotopic (exact) mass is 562 g/mol. The molecule has 210 valence electrons. The van der Waals surface area contributed by atoms with Gasteiger partial charge in [0.05, 0.1) is 12.3 Å². The molecule has 0 spiro atoms. The molecular formula is C32H35FN2O4S. The molecule has 6 nitrogen and oxygen atoms in total. The van der Waals surface area contributed by atoms with Crippen molar-refractivity contribution < 1.29 is 23.4 Å². The van der Waals surface area contributed by atoms with Crippen molar-refractivity contribution in [3.05, 3.63) is 118 Å². The molecule has 3 aromatic rings. The van der Waals surface area contributed by atoms with Gasteiger partial charge in [-0.15, -0.1) is 11.3 Å². The van der Waals surface area contributed by atoms with E-state index in [4.69, 9.17) is 14.2 Å². The van der Waals surface area contributed by atoms with Crippen LogP contribution in [0.25, 0.3) is 11.3 Å². The molecule has 3 rings (SSSR count). The Morgan fingerprint density at radius 1 is 1.12 bits per heavy atom. The molecule has 40 heavy (non-hydrogen) atoms. The van der Waals surface area contributed by atoms with Crippen molar-refractivity contribution in [1.29, 1.82) is 0 Å². The van der Waals surface area contributed by atoms with Crippen LogP contribution < -0.4 is 10.1 Å². The minimum Gasteiger partial charge on any atom is -0.490 e. The number of rotatable bonds is 13. The van der Waals surface area contributed by atoms with Gasteiger partial charge in [-0.25, -0.2) is 9.18 Å². The number of aryl methyl sites for hydroxylation is 1. The van der Waals surface area contributed by atoms with Crippen molar-refractivity contribution in [2.24, 2.45) is 0 Å². The van der Waals surface area contributed by atoms with Gasteiger partial charge in [0.25, 0.3) is 0 Å². The van der Waals surface area contributed by atoms with Crippen molar-refractivity contribution in [2.45, 2.75) is 6.92 Å². The molecule has 0 unspecified atom stereocenters. The number of methoxy groups -OCH3 is 1. The first-order valence-corrected chi connectivity index (χ1v) is 13.5. The largest absolute Gasteiger partial charge is 0.490 e. The van der Waals surface area contributed by atoms with Gasteiger partial charge in [-0.1, -0.05) is 43.5 Å². The Hall–Kier alpha value is -4.14. The van der Waals surface area contributed by atoms with E-state index in [0.717, 1.165) is 38.4 Å². The van der Waals surface area contributed by atoms with Crippen LogP contribution in [0, 0.1) is 12.7 Å². The highest BCUT2D eigenvalue weighted by Crippen LogP contribution is 2.41. The van der Waals surface area contributed by atoms with Crippen LogP contribution >= 0.6 is 11.3 Å². The molecule has 0 saturated heterocycles. The lowest BCUT2D eigenvalue weighted by atomic mass is 9.94. The molecule has 0 bridgehead atoms. The van der Waals surface area contributed by atoms with Crippen LogP contribution in [0.4, 0.5) is 14.9 Å². The summed E-state index contributed by atoms with van der Waals surface area (Å²) in [5, 5.41) is 4.83. The Bertz CT molecular complexity index is 1410. The van der Waals surface area contributed by atoms with E-state index in [1.165, 1.54) is 12.1 Å². The van der Waals surface area contributed by atoms with E-state index in [1.807, 2.05) is 49.5 Å². The Labute approximate surface area is 239 Å². The molecule has 0 aliphatic heterocycles. The molecule has 0 radical (unpaired) electrons. The fourth-order valence-electron chi connectivity index (χ4n) is 4.04. The number of nitrogens with zero attached hydrogens (tertiary/aromatic N) is 1. The second-order valence-electron chi connectivity index (χ2n) is 9.00. The summed E-state index contributed by atoms with van der Waals surface area (Å²) in [6, 6.07) is 14.1. The molecule has 2 aromatic carbocycles. The van der Waals surface area contributed by atoms with Crippen LogP contribution in [0.2, 0.25) is 0 Å². The maximum Gasteiger partial charge on any atom is 0.411 e. The minimum absolute atomic E-state index is 0.0715. The van der Waals surface area contributed by atoms with Gasteiger partial charge >= 0.3 is 6.09 Å². The van der Waals surface area contributed by atoms with Crippen molar-refractivity contribution in [1.82, 2.24) is 4.90 Å². The van der Waals surface area contributed by atoms with Gasteiger partial charge in [-0.05, 0) is 53.8 Å². The molecular weight excluding hydrogens is 527 g/mol. The number of nitrogens with one attached hydrogen (secondary N) is 1. The van der Waals surface area contributed by atoms with E-state index >= 15 is 0 Å². The number of anilines is 1. The molecule has 0 fully saturated rings. The standard InChI is InChI=1S/C32H35FN2O4S/c1-7-10-23(8-2)21-39-32(36)34-26-12-9-11-24(19-26)30(35(4)5)29(31-22(3)15-18-40-31)27-14-13-25(33)20-28(27)38-17-16-37-6/h7-15,18-20H,1-2,16-17,21H2,3-6H3,(H,34,36)/b23-10+,30-29-. The van der Waals surface area contributed by atoms with E-state index in [-0.39, 0.29) is 13.2 Å². The summed E-state index contributed by atoms with van der Waals surface area (Å²) in [5.74, 6) is 0.0275. The van der Waals surface area contributed by atoms with Crippen LogP contribution in [-0.2, 0) is 9.47 Å². The van der Waals surface area contributed by atoms with Crippen molar-refractivity contribution >= 4 is 34.4 Å².